The summed E-state index contributed by atoms with van der Waals surface area (Å²) in [5.41, 5.74) is 7.86. The van der Waals surface area contributed by atoms with Crippen LogP contribution in [0.15, 0.2) is 6.07 Å². The van der Waals surface area contributed by atoms with E-state index in [1.807, 2.05) is 18.7 Å². The van der Waals surface area contributed by atoms with Crippen molar-refractivity contribution in [1.82, 2.24) is 20.4 Å². The average Bonchev–Trinajstić information content (AvgIpc) is 3.34. The molecule has 2 fully saturated rings. The number of amides is 2. The van der Waals surface area contributed by atoms with Gasteiger partial charge >= 0.3 is 0 Å². The molecule has 2 saturated heterocycles. The molecule has 0 saturated carbocycles. The van der Waals surface area contributed by atoms with Gasteiger partial charge in [-0.2, -0.15) is 0 Å². The van der Waals surface area contributed by atoms with E-state index in [1.54, 1.807) is 6.07 Å². The Morgan fingerprint density at radius 3 is 2.56 bits per heavy atom. The van der Waals surface area contributed by atoms with E-state index >= 15 is 0 Å². The number of rotatable bonds is 7. The van der Waals surface area contributed by atoms with Crippen LogP contribution in [0.3, 0.4) is 0 Å². The molecule has 2 amide bonds. The molecular formula is C25H38ClN5O3. The number of nitrogen functional groups attached to an aromatic ring is 1. The number of carbonyl (C=O) groups excluding carboxylic acids is 2. The summed E-state index contributed by atoms with van der Waals surface area (Å²) in [5, 5.41) is 6.99. The van der Waals surface area contributed by atoms with Crippen LogP contribution >= 0.6 is 11.6 Å². The number of hydrogen-bond acceptors (Lipinski definition) is 6. The van der Waals surface area contributed by atoms with Crippen LogP contribution in [0.2, 0.25) is 5.02 Å². The van der Waals surface area contributed by atoms with Gasteiger partial charge in [0.2, 0.25) is 5.91 Å². The minimum Gasteiger partial charge on any atom is -0.492 e. The second-order valence-corrected chi connectivity index (χ2v) is 9.96. The number of likely N-dealkylation sites (tertiary alicyclic amines) is 1. The van der Waals surface area contributed by atoms with Crippen molar-refractivity contribution in [2.75, 3.05) is 51.6 Å². The number of anilines is 1. The zero-order valence-corrected chi connectivity index (χ0v) is 21.1. The lowest BCUT2D eigenvalue weighted by molar-refractivity contribution is -0.140. The highest BCUT2D eigenvalue weighted by Gasteiger charge is 2.38. The Morgan fingerprint density at radius 1 is 1.24 bits per heavy atom. The minimum atomic E-state index is -0.173. The summed E-state index contributed by atoms with van der Waals surface area (Å²) in [6.07, 6.45) is 4.34. The van der Waals surface area contributed by atoms with Gasteiger partial charge in [0.05, 0.1) is 28.9 Å². The Hall–Kier alpha value is -2.03. The second-order valence-electron chi connectivity index (χ2n) is 9.55. The molecular weight excluding hydrogens is 454 g/mol. The number of nitrogens with zero attached hydrogens (tertiary/aromatic N) is 2. The maximum atomic E-state index is 13.5. The quantitative estimate of drug-likeness (QED) is 0.506. The van der Waals surface area contributed by atoms with E-state index in [2.05, 4.69) is 15.5 Å². The average molecular weight is 492 g/mol. The number of piperidine rings is 2. The highest BCUT2D eigenvalue weighted by Crippen LogP contribution is 2.38. The third kappa shape index (κ3) is 5.14. The maximum absolute atomic E-state index is 13.5. The molecule has 34 heavy (non-hydrogen) atoms. The molecule has 3 heterocycles. The Kier molecular flexibility index (Phi) is 8.22. The van der Waals surface area contributed by atoms with E-state index in [1.165, 1.54) is 0 Å². The van der Waals surface area contributed by atoms with E-state index in [4.69, 9.17) is 22.1 Å². The maximum Gasteiger partial charge on any atom is 0.255 e. The fourth-order valence-electron chi connectivity index (χ4n) is 5.66. The first-order valence-corrected chi connectivity index (χ1v) is 13.1. The molecule has 4 rings (SSSR count). The van der Waals surface area contributed by atoms with Crippen LogP contribution in [-0.2, 0) is 11.2 Å². The SMILES string of the molecule is CCN(CC)C(=O)C(C1CCNCC1)N1CCC(NC(=O)c2cc(Cl)c(N)c3c2OCC3)CC1. The van der Waals surface area contributed by atoms with E-state index in [0.29, 0.717) is 41.0 Å². The number of nitrogens with two attached hydrogens (primary N) is 1. The fourth-order valence-corrected chi connectivity index (χ4v) is 5.88. The summed E-state index contributed by atoms with van der Waals surface area (Å²) in [6, 6.07) is 1.59. The Bertz CT molecular complexity index is 893. The normalized spacial score (nSPS) is 20.4. The first kappa shape index (κ1) is 25.1. The van der Waals surface area contributed by atoms with Gasteiger partial charge in [0, 0.05) is 44.2 Å². The van der Waals surface area contributed by atoms with Gasteiger partial charge in [-0.3, -0.25) is 14.5 Å². The predicted octanol–water partition coefficient (Wildman–Crippen LogP) is 2.29. The predicted molar refractivity (Wildman–Crippen MR) is 134 cm³/mol. The number of halogens is 1. The number of benzene rings is 1. The van der Waals surface area contributed by atoms with Gasteiger partial charge in [0.1, 0.15) is 5.75 Å². The van der Waals surface area contributed by atoms with Gasteiger partial charge in [0.15, 0.2) is 0 Å². The number of carbonyl (C=O) groups is 2. The highest BCUT2D eigenvalue weighted by atomic mass is 35.5. The molecule has 0 radical (unpaired) electrons. The molecule has 0 aliphatic carbocycles. The van der Waals surface area contributed by atoms with Crippen molar-refractivity contribution in [3.8, 4) is 5.75 Å². The van der Waals surface area contributed by atoms with Crippen LogP contribution in [0.5, 0.6) is 5.75 Å². The summed E-state index contributed by atoms with van der Waals surface area (Å²) in [6.45, 7) is 9.61. The molecule has 188 valence electrons. The molecule has 0 bridgehead atoms. The molecule has 1 atom stereocenters. The van der Waals surface area contributed by atoms with E-state index < -0.39 is 0 Å². The van der Waals surface area contributed by atoms with Crippen molar-refractivity contribution in [3.63, 3.8) is 0 Å². The Labute approximate surface area is 207 Å². The molecule has 1 aromatic rings. The smallest absolute Gasteiger partial charge is 0.255 e. The molecule has 3 aliphatic heterocycles. The van der Waals surface area contributed by atoms with Crippen molar-refractivity contribution in [2.45, 2.75) is 58.0 Å². The minimum absolute atomic E-state index is 0.0503. The molecule has 3 aliphatic rings. The van der Waals surface area contributed by atoms with Crippen molar-refractivity contribution >= 4 is 29.1 Å². The third-order valence-corrected chi connectivity index (χ3v) is 7.94. The zero-order chi connectivity index (χ0) is 24.2. The lowest BCUT2D eigenvalue weighted by Crippen LogP contribution is -2.57. The molecule has 8 nitrogen and oxygen atoms in total. The molecule has 9 heteroatoms. The zero-order valence-electron chi connectivity index (χ0n) is 20.4. The van der Waals surface area contributed by atoms with Crippen LogP contribution in [0.1, 0.15) is 55.5 Å². The molecule has 4 N–H and O–H groups in total. The van der Waals surface area contributed by atoms with Crippen molar-refractivity contribution in [1.29, 1.82) is 0 Å². The van der Waals surface area contributed by atoms with Gasteiger partial charge in [-0.1, -0.05) is 11.6 Å². The standard InChI is InChI=1S/C25H38ClN5O3/c1-3-30(4-2)25(33)22(16-5-10-28-11-6-16)31-12-7-17(8-13-31)29-24(32)19-15-20(26)21(27)18-9-14-34-23(18)19/h15-17,22,28H,3-14,27H2,1-2H3,(H,29,32). The first-order valence-electron chi connectivity index (χ1n) is 12.7. The Morgan fingerprint density at radius 2 is 1.91 bits per heavy atom. The van der Waals surface area contributed by atoms with Gasteiger partial charge < -0.3 is 26.0 Å². The van der Waals surface area contributed by atoms with Crippen LogP contribution in [0, 0.1) is 5.92 Å². The molecule has 0 aromatic heterocycles. The van der Waals surface area contributed by atoms with Gasteiger partial charge in [-0.05, 0) is 64.6 Å². The third-order valence-electron chi connectivity index (χ3n) is 7.63. The van der Waals surface area contributed by atoms with E-state index in [-0.39, 0.29) is 23.9 Å². The van der Waals surface area contributed by atoms with Gasteiger partial charge in [0.25, 0.3) is 5.91 Å². The van der Waals surface area contributed by atoms with Crippen LogP contribution < -0.4 is 21.1 Å². The number of nitrogens with one attached hydrogen (secondary N) is 2. The Balaban J connectivity index is 1.41. The summed E-state index contributed by atoms with van der Waals surface area (Å²) in [5.74, 6) is 1.01. The van der Waals surface area contributed by atoms with E-state index in [0.717, 1.165) is 70.5 Å². The van der Waals surface area contributed by atoms with Gasteiger partial charge in [-0.25, -0.2) is 0 Å². The molecule has 0 spiro atoms. The molecule has 1 unspecified atom stereocenters. The number of ether oxygens (including phenoxy) is 1. The lowest BCUT2D eigenvalue weighted by Gasteiger charge is -2.43. The summed E-state index contributed by atoms with van der Waals surface area (Å²) < 4.78 is 5.71. The van der Waals surface area contributed by atoms with Crippen LogP contribution in [-0.4, -0.2) is 79.6 Å². The summed E-state index contributed by atoms with van der Waals surface area (Å²) >= 11 is 6.28. The number of hydrogen-bond donors (Lipinski definition) is 3. The summed E-state index contributed by atoms with van der Waals surface area (Å²) in [4.78, 5) is 30.9. The van der Waals surface area contributed by atoms with Crippen LogP contribution in [0.4, 0.5) is 5.69 Å². The highest BCUT2D eigenvalue weighted by molar-refractivity contribution is 6.33. The van der Waals surface area contributed by atoms with Crippen molar-refractivity contribution in [3.05, 3.63) is 22.2 Å². The van der Waals surface area contributed by atoms with Crippen LogP contribution in [0.25, 0.3) is 0 Å². The number of fused-ring (bicyclic) bond motifs is 1. The monoisotopic (exact) mass is 491 g/mol. The molecule has 1 aromatic carbocycles. The summed E-state index contributed by atoms with van der Waals surface area (Å²) in [7, 11) is 0. The largest absolute Gasteiger partial charge is 0.492 e. The van der Waals surface area contributed by atoms with Gasteiger partial charge in [-0.15, -0.1) is 0 Å². The lowest BCUT2D eigenvalue weighted by atomic mass is 9.86. The second kappa shape index (κ2) is 11.1. The topological polar surface area (TPSA) is 99.9 Å². The first-order chi connectivity index (χ1) is 16.4. The fraction of sp³-hybridized carbons (Fsp3) is 0.680. The number of likely N-dealkylation sites (N-methyl/N-ethyl adjacent to an activating group) is 1. The van der Waals surface area contributed by atoms with E-state index in [9.17, 15) is 9.59 Å². The van der Waals surface area contributed by atoms with Crippen molar-refractivity contribution < 1.29 is 14.3 Å². The van der Waals surface area contributed by atoms with Crippen molar-refractivity contribution in [2.24, 2.45) is 5.92 Å².